The van der Waals surface area contributed by atoms with Gasteiger partial charge in [0.15, 0.2) is 5.13 Å². The predicted molar refractivity (Wildman–Crippen MR) is 65.5 cm³/mol. The highest BCUT2D eigenvalue weighted by Crippen LogP contribution is 2.28. The van der Waals surface area contributed by atoms with Crippen LogP contribution in [0, 0.1) is 0 Å². The fourth-order valence-electron chi connectivity index (χ4n) is 1.99. The summed E-state index contributed by atoms with van der Waals surface area (Å²) in [6.45, 7) is 1.91. The van der Waals surface area contributed by atoms with Gasteiger partial charge in [-0.3, -0.25) is 4.98 Å². The molecule has 0 amide bonds. The summed E-state index contributed by atoms with van der Waals surface area (Å²) < 4.78 is 0. The molecule has 0 unspecified atom stereocenters. The fraction of sp³-hybridized carbons (Fsp3) is 0.273. The van der Waals surface area contributed by atoms with Gasteiger partial charge in [0, 0.05) is 35.9 Å². The van der Waals surface area contributed by atoms with Crippen molar-refractivity contribution in [1.82, 2.24) is 9.97 Å². The van der Waals surface area contributed by atoms with Crippen LogP contribution >= 0.6 is 11.3 Å². The Morgan fingerprint density at radius 3 is 2.94 bits per heavy atom. The molecule has 3 rings (SSSR count). The van der Waals surface area contributed by atoms with E-state index in [0.29, 0.717) is 5.13 Å². The summed E-state index contributed by atoms with van der Waals surface area (Å²) >= 11 is 1.60. The maximum atomic E-state index is 5.72. The van der Waals surface area contributed by atoms with Crippen LogP contribution in [0.15, 0.2) is 24.5 Å². The molecule has 0 bridgehead atoms. The number of hydrogen-bond acceptors (Lipinski definition) is 5. The lowest BCUT2D eigenvalue weighted by Gasteiger charge is -2.27. The van der Waals surface area contributed by atoms with Gasteiger partial charge < -0.3 is 10.6 Å². The minimum absolute atomic E-state index is 0.682. The number of hydrogen-bond donors (Lipinski definition) is 1. The molecular weight excluding hydrogens is 220 g/mol. The highest BCUT2D eigenvalue weighted by atomic mass is 32.1. The van der Waals surface area contributed by atoms with Crippen LogP contribution in [0.5, 0.6) is 0 Å². The molecule has 1 aliphatic rings. The molecule has 0 fully saturated rings. The zero-order valence-corrected chi connectivity index (χ0v) is 9.57. The van der Waals surface area contributed by atoms with E-state index < -0.39 is 0 Å². The van der Waals surface area contributed by atoms with Crippen LogP contribution in [0.25, 0.3) is 0 Å². The molecule has 0 aliphatic carbocycles. The molecule has 0 atom stereocenters. The van der Waals surface area contributed by atoms with E-state index in [1.165, 1.54) is 16.3 Å². The molecule has 2 N–H and O–H groups in total. The van der Waals surface area contributed by atoms with Gasteiger partial charge in [-0.1, -0.05) is 0 Å². The highest BCUT2D eigenvalue weighted by molar-refractivity contribution is 7.15. The van der Waals surface area contributed by atoms with E-state index in [2.05, 4.69) is 14.9 Å². The van der Waals surface area contributed by atoms with Crippen LogP contribution in [0.2, 0.25) is 0 Å². The molecule has 2 aromatic heterocycles. The first-order valence-electron chi connectivity index (χ1n) is 5.22. The monoisotopic (exact) mass is 232 g/mol. The first-order chi connectivity index (χ1) is 7.83. The van der Waals surface area contributed by atoms with Crippen molar-refractivity contribution in [1.29, 1.82) is 0 Å². The summed E-state index contributed by atoms with van der Waals surface area (Å²) in [5.41, 5.74) is 8.11. The van der Waals surface area contributed by atoms with Gasteiger partial charge in [-0.25, -0.2) is 4.98 Å². The molecule has 4 nitrogen and oxygen atoms in total. The average Bonchev–Trinajstić information content (AvgIpc) is 2.69. The Bertz CT molecular complexity index is 494. The van der Waals surface area contributed by atoms with E-state index in [4.69, 9.17) is 5.73 Å². The Kier molecular flexibility index (Phi) is 2.25. The van der Waals surface area contributed by atoms with Crippen LogP contribution in [-0.4, -0.2) is 16.5 Å². The molecule has 3 heterocycles. The van der Waals surface area contributed by atoms with Crippen molar-refractivity contribution in [3.05, 3.63) is 35.1 Å². The molecule has 5 heteroatoms. The third-order valence-electron chi connectivity index (χ3n) is 2.78. The highest BCUT2D eigenvalue weighted by Gasteiger charge is 2.19. The van der Waals surface area contributed by atoms with Crippen LogP contribution in [0.1, 0.15) is 10.6 Å². The maximum Gasteiger partial charge on any atom is 0.180 e. The number of pyridine rings is 1. The van der Waals surface area contributed by atoms with Gasteiger partial charge in [-0.05, 0) is 12.1 Å². The molecule has 0 aromatic carbocycles. The Balaban J connectivity index is 1.88. The van der Waals surface area contributed by atoms with Crippen LogP contribution < -0.4 is 10.6 Å². The van der Waals surface area contributed by atoms with Crippen molar-refractivity contribution in [3.8, 4) is 0 Å². The first-order valence-corrected chi connectivity index (χ1v) is 6.03. The normalized spacial score (nSPS) is 14.9. The van der Waals surface area contributed by atoms with Crippen molar-refractivity contribution < 1.29 is 0 Å². The lowest BCUT2D eigenvalue weighted by Crippen LogP contribution is -2.29. The maximum absolute atomic E-state index is 5.72. The number of nitrogens with two attached hydrogens (primary N) is 1. The minimum Gasteiger partial charge on any atom is -0.375 e. The molecule has 2 aromatic rings. The third kappa shape index (κ3) is 1.63. The van der Waals surface area contributed by atoms with Crippen molar-refractivity contribution in [2.75, 3.05) is 17.2 Å². The van der Waals surface area contributed by atoms with Gasteiger partial charge in [0.2, 0.25) is 0 Å². The number of nitrogens with zero attached hydrogens (tertiary/aromatic N) is 3. The quantitative estimate of drug-likeness (QED) is 0.812. The summed E-state index contributed by atoms with van der Waals surface area (Å²) in [5.74, 6) is 0. The van der Waals surface area contributed by atoms with Crippen molar-refractivity contribution in [2.24, 2.45) is 0 Å². The number of fused-ring (bicyclic) bond motifs is 1. The van der Waals surface area contributed by atoms with E-state index in [-0.39, 0.29) is 0 Å². The molecule has 1 aliphatic heterocycles. The molecule has 82 valence electrons. The second-order valence-electron chi connectivity index (χ2n) is 3.80. The second kappa shape index (κ2) is 3.75. The van der Waals surface area contributed by atoms with E-state index >= 15 is 0 Å². The van der Waals surface area contributed by atoms with Crippen LogP contribution in [0.3, 0.4) is 0 Å². The van der Waals surface area contributed by atoms with Crippen molar-refractivity contribution >= 4 is 22.2 Å². The SMILES string of the molecule is Nc1nc2c(s1)CN(c1ccncc1)CC2. The average molecular weight is 232 g/mol. The van der Waals surface area contributed by atoms with E-state index in [9.17, 15) is 0 Å². The third-order valence-corrected chi connectivity index (χ3v) is 3.69. The summed E-state index contributed by atoms with van der Waals surface area (Å²) in [6.07, 6.45) is 4.63. The number of nitrogen functional groups attached to an aromatic ring is 1. The van der Waals surface area contributed by atoms with Crippen LogP contribution in [-0.2, 0) is 13.0 Å². The zero-order chi connectivity index (χ0) is 11.0. The molecule has 16 heavy (non-hydrogen) atoms. The standard InChI is InChI=1S/C11H12N4S/c12-11-14-9-3-6-15(7-10(9)16-11)8-1-4-13-5-2-8/h1-2,4-5H,3,6-7H2,(H2,12,14). The number of rotatable bonds is 1. The van der Waals surface area contributed by atoms with E-state index in [0.717, 1.165) is 19.5 Å². The number of aromatic nitrogens is 2. The minimum atomic E-state index is 0.682. The zero-order valence-electron chi connectivity index (χ0n) is 8.76. The Morgan fingerprint density at radius 2 is 2.12 bits per heavy atom. The molecule has 0 spiro atoms. The largest absolute Gasteiger partial charge is 0.375 e. The van der Waals surface area contributed by atoms with Gasteiger partial charge in [-0.15, -0.1) is 11.3 Å². The van der Waals surface area contributed by atoms with Gasteiger partial charge in [-0.2, -0.15) is 0 Å². The van der Waals surface area contributed by atoms with Gasteiger partial charge in [0.05, 0.1) is 12.2 Å². The number of anilines is 2. The Morgan fingerprint density at radius 1 is 1.31 bits per heavy atom. The predicted octanol–water partition coefficient (Wildman–Crippen LogP) is 1.68. The second-order valence-corrected chi connectivity index (χ2v) is 4.91. The van der Waals surface area contributed by atoms with E-state index in [1.807, 2.05) is 24.5 Å². The Hall–Kier alpha value is -1.62. The van der Waals surface area contributed by atoms with Crippen molar-refractivity contribution in [3.63, 3.8) is 0 Å². The Labute approximate surface area is 97.8 Å². The molecule has 0 saturated heterocycles. The van der Waals surface area contributed by atoms with E-state index in [1.54, 1.807) is 11.3 Å². The summed E-state index contributed by atoms with van der Waals surface area (Å²) in [4.78, 5) is 12.0. The summed E-state index contributed by atoms with van der Waals surface area (Å²) in [7, 11) is 0. The molecule has 0 saturated carbocycles. The first kappa shape index (κ1) is 9.59. The molecular formula is C11H12N4S. The lowest BCUT2D eigenvalue weighted by atomic mass is 10.1. The summed E-state index contributed by atoms with van der Waals surface area (Å²) in [6, 6.07) is 4.07. The van der Waals surface area contributed by atoms with Gasteiger partial charge in [0.25, 0.3) is 0 Å². The molecule has 0 radical (unpaired) electrons. The summed E-state index contributed by atoms with van der Waals surface area (Å²) in [5, 5.41) is 0.682. The van der Waals surface area contributed by atoms with Gasteiger partial charge >= 0.3 is 0 Å². The smallest absolute Gasteiger partial charge is 0.180 e. The topological polar surface area (TPSA) is 55.0 Å². The van der Waals surface area contributed by atoms with Crippen LogP contribution in [0.4, 0.5) is 10.8 Å². The fourth-order valence-corrected chi connectivity index (χ4v) is 2.88. The number of thiazole rings is 1. The van der Waals surface area contributed by atoms with Gasteiger partial charge in [0.1, 0.15) is 0 Å². The van der Waals surface area contributed by atoms with Crippen molar-refractivity contribution in [2.45, 2.75) is 13.0 Å². The lowest BCUT2D eigenvalue weighted by molar-refractivity contribution is 0.729.